The number of nitrogens with zero attached hydrogens (tertiary/aromatic N) is 1. The predicted molar refractivity (Wildman–Crippen MR) is 102 cm³/mol. The highest BCUT2D eigenvalue weighted by atomic mass is 28.4. The van der Waals surface area contributed by atoms with Crippen LogP contribution in [0.2, 0.25) is 19.6 Å². The zero-order valence-corrected chi connectivity index (χ0v) is 18.6. The van der Waals surface area contributed by atoms with Crippen molar-refractivity contribution in [3.63, 3.8) is 0 Å². The number of ketones is 2. The van der Waals surface area contributed by atoms with Crippen molar-refractivity contribution >= 4 is 31.8 Å². The van der Waals surface area contributed by atoms with E-state index in [1.165, 1.54) is 19.1 Å². The van der Waals surface area contributed by atoms with Gasteiger partial charge in [-0.05, 0) is 25.7 Å². The molecule has 0 aromatic carbocycles. The van der Waals surface area contributed by atoms with Crippen LogP contribution in [0.3, 0.4) is 0 Å². The van der Waals surface area contributed by atoms with E-state index in [2.05, 4.69) is 0 Å². The third-order valence-electron chi connectivity index (χ3n) is 5.93. The number of esters is 1. The first-order chi connectivity index (χ1) is 13.5. The number of methoxy groups -OCH3 is 3. The van der Waals surface area contributed by atoms with Gasteiger partial charge in [-0.1, -0.05) is 0 Å². The second-order valence-corrected chi connectivity index (χ2v) is 13.0. The predicted octanol–water partition coefficient (Wildman–Crippen LogP) is 0.438. The molecule has 0 bridgehead atoms. The summed E-state index contributed by atoms with van der Waals surface area (Å²) in [5, 5.41) is 0. The van der Waals surface area contributed by atoms with Gasteiger partial charge in [0.15, 0.2) is 5.41 Å². The third kappa shape index (κ3) is 2.80. The van der Waals surface area contributed by atoms with Gasteiger partial charge in [-0.15, -0.1) is 0 Å². The molecule has 1 spiro atoms. The fourth-order valence-electron chi connectivity index (χ4n) is 5.03. The molecule has 0 aromatic heterocycles. The highest BCUT2D eigenvalue weighted by molar-refractivity contribution is 6.70. The maximum atomic E-state index is 13.4. The van der Waals surface area contributed by atoms with E-state index in [1.807, 2.05) is 19.6 Å². The van der Waals surface area contributed by atoms with Crippen molar-refractivity contribution in [2.75, 3.05) is 27.9 Å². The van der Waals surface area contributed by atoms with Crippen LogP contribution in [0.1, 0.15) is 12.8 Å². The smallest absolute Gasteiger partial charge is 0.325 e. The van der Waals surface area contributed by atoms with Crippen LogP contribution in [0.4, 0.5) is 0 Å². The lowest BCUT2D eigenvalue weighted by atomic mass is 9.56. The topological polar surface area (TPSA) is 108 Å². The summed E-state index contributed by atoms with van der Waals surface area (Å²) in [6.07, 6.45) is -0.779. The van der Waals surface area contributed by atoms with Crippen molar-refractivity contribution in [1.29, 1.82) is 0 Å². The lowest BCUT2D eigenvalue weighted by molar-refractivity contribution is -0.194. The molecule has 9 nitrogen and oxygen atoms in total. The lowest BCUT2D eigenvalue weighted by Gasteiger charge is -2.55. The summed E-state index contributed by atoms with van der Waals surface area (Å²) in [5.74, 6) is -2.44. The number of Topliss-reactive ketones (excluding diaryl/α,β-unsaturated/α-hetero) is 2. The first-order valence-corrected chi connectivity index (χ1v) is 12.8. The summed E-state index contributed by atoms with van der Waals surface area (Å²) in [6, 6.07) is 0. The van der Waals surface area contributed by atoms with Crippen LogP contribution in [-0.4, -0.2) is 82.3 Å². The van der Waals surface area contributed by atoms with Gasteiger partial charge in [-0.25, -0.2) is 0 Å². The molecular formula is C19H27NO8Si. The van der Waals surface area contributed by atoms with Crippen LogP contribution < -0.4 is 0 Å². The maximum Gasteiger partial charge on any atom is 0.325 e. The van der Waals surface area contributed by atoms with E-state index in [9.17, 15) is 19.2 Å². The SMILES string of the molecule is COC(=O)C12C(=O)C(=O)N3CC(O[Si](C)(C)C)=CC(OC)C31CC(=O)CC2OC. The van der Waals surface area contributed by atoms with Crippen LogP contribution in [0.25, 0.3) is 0 Å². The number of rotatable bonds is 5. The molecule has 1 saturated heterocycles. The van der Waals surface area contributed by atoms with E-state index in [1.54, 1.807) is 6.08 Å². The average molecular weight is 426 g/mol. The second kappa shape index (κ2) is 7.03. The van der Waals surface area contributed by atoms with Gasteiger partial charge in [0.2, 0.25) is 14.1 Å². The van der Waals surface area contributed by atoms with E-state index in [4.69, 9.17) is 18.6 Å². The van der Waals surface area contributed by atoms with Gasteiger partial charge in [-0.2, -0.15) is 0 Å². The zero-order valence-electron chi connectivity index (χ0n) is 17.6. The van der Waals surface area contributed by atoms with Crippen LogP contribution in [0, 0.1) is 5.41 Å². The number of carbonyl (C=O) groups excluding carboxylic acids is 4. The molecule has 3 rings (SSSR count). The minimum atomic E-state index is -2.03. The molecule has 2 aliphatic heterocycles. The van der Waals surface area contributed by atoms with E-state index in [0.717, 1.165) is 7.11 Å². The molecule has 0 aromatic rings. The highest BCUT2D eigenvalue weighted by Gasteiger charge is 2.81. The Morgan fingerprint density at radius 2 is 1.79 bits per heavy atom. The zero-order chi connectivity index (χ0) is 21.8. The van der Waals surface area contributed by atoms with Gasteiger partial charge in [0, 0.05) is 27.1 Å². The molecule has 1 saturated carbocycles. The fourth-order valence-corrected chi connectivity index (χ4v) is 5.94. The summed E-state index contributed by atoms with van der Waals surface area (Å²) >= 11 is 0. The summed E-state index contributed by atoms with van der Waals surface area (Å²) < 4.78 is 22.2. The van der Waals surface area contributed by atoms with Crippen molar-refractivity contribution in [1.82, 2.24) is 4.90 Å². The Morgan fingerprint density at radius 1 is 1.14 bits per heavy atom. The van der Waals surface area contributed by atoms with Gasteiger partial charge in [-0.3, -0.25) is 19.2 Å². The number of hydrogen-bond acceptors (Lipinski definition) is 8. The first-order valence-electron chi connectivity index (χ1n) is 9.41. The first kappa shape index (κ1) is 21.7. The van der Waals surface area contributed by atoms with E-state index >= 15 is 0 Å². The second-order valence-electron chi connectivity index (χ2n) is 8.59. The van der Waals surface area contributed by atoms with Gasteiger partial charge in [0.05, 0.1) is 25.5 Å². The van der Waals surface area contributed by atoms with Gasteiger partial charge in [0.1, 0.15) is 17.4 Å². The Bertz CT molecular complexity index is 803. The van der Waals surface area contributed by atoms with Crippen molar-refractivity contribution in [2.24, 2.45) is 5.41 Å². The summed E-state index contributed by atoms with van der Waals surface area (Å²) in [7, 11) is 1.83. The van der Waals surface area contributed by atoms with Crippen molar-refractivity contribution in [2.45, 2.75) is 50.2 Å². The molecule has 1 aliphatic carbocycles. The van der Waals surface area contributed by atoms with Gasteiger partial charge >= 0.3 is 5.97 Å². The molecule has 2 heterocycles. The quantitative estimate of drug-likeness (QED) is 0.270. The minimum absolute atomic E-state index is 0.0306. The normalized spacial score (nSPS) is 34.5. The molecule has 160 valence electrons. The number of hydrogen-bond donors (Lipinski definition) is 0. The van der Waals surface area contributed by atoms with E-state index < -0.39 is 49.1 Å². The molecule has 2 fully saturated rings. The molecule has 4 atom stereocenters. The van der Waals surface area contributed by atoms with Crippen molar-refractivity contribution in [3.05, 3.63) is 11.8 Å². The third-order valence-corrected chi connectivity index (χ3v) is 6.80. The molecule has 10 heteroatoms. The lowest BCUT2D eigenvalue weighted by Crippen LogP contribution is -2.73. The molecule has 0 N–H and O–H groups in total. The van der Waals surface area contributed by atoms with E-state index in [-0.39, 0.29) is 25.2 Å². The van der Waals surface area contributed by atoms with Crippen LogP contribution >= 0.6 is 0 Å². The largest absolute Gasteiger partial charge is 0.546 e. The molecule has 0 radical (unpaired) electrons. The van der Waals surface area contributed by atoms with Crippen LogP contribution in [0.5, 0.6) is 0 Å². The Balaban J connectivity index is 2.29. The summed E-state index contributed by atoms with van der Waals surface area (Å²) in [5.41, 5.74) is -3.56. The maximum absolute atomic E-state index is 13.4. The minimum Gasteiger partial charge on any atom is -0.546 e. The average Bonchev–Trinajstić information content (AvgIpc) is 2.84. The summed E-state index contributed by atoms with van der Waals surface area (Å²) in [4.78, 5) is 53.6. The summed E-state index contributed by atoms with van der Waals surface area (Å²) in [6.45, 7) is 5.93. The van der Waals surface area contributed by atoms with Gasteiger partial charge in [0.25, 0.3) is 5.91 Å². The molecule has 1 amide bonds. The molecular weight excluding hydrogens is 398 g/mol. The number of ether oxygens (including phenoxy) is 3. The Morgan fingerprint density at radius 3 is 2.31 bits per heavy atom. The highest BCUT2D eigenvalue weighted by Crippen LogP contribution is 2.58. The standard InChI is InChI=1S/C19H27NO8Si/c1-25-13-8-12(28-29(4,5)6)10-20-16(23)15(22)19(17(24)27-3)14(26-2)7-11(21)9-18(13,19)20/h8,13-14H,7,9-10H2,1-6H3. The van der Waals surface area contributed by atoms with Crippen molar-refractivity contribution < 1.29 is 37.8 Å². The fraction of sp³-hybridized carbons (Fsp3) is 0.684. The van der Waals surface area contributed by atoms with Crippen LogP contribution in [0.15, 0.2) is 11.8 Å². The Labute approximate surface area is 170 Å². The Kier molecular flexibility index (Phi) is 5.25. The molecule has 4 unspecified atom stereocenters. The molecule has 29 heavy (non-hydrogen) atoms. The number of carbonyl (C=O) groups is 4. The number of amides is 1. The molecule has 3 aliphatic rings. The monoisotopic (exact) mass is 425 g/mol. The van der Waals surface area contributed by atoms with Crippen LogP contribution in [-0.2, 0) is 37.8 Å². The van der Waals surface area contributed by atoms with E-state index in [0.29, 0.717) is 5.76 Å². The van der Waals surface area contributed by atoms with Gasteiger partial charge < -0.3 is 23.5 Å². The Hall–Kier alpha value is -2.04. The van der Waals surface area contributed by atoms with Crippen molar-refractivity contribution in [3.8, 4) is 0 Å².